The fourth-order valence-corrected chi connectivity index (χ4v) is 2.29. The van der Waals surface area contributed by atoms with Gasteiger partial charge in [0.15, 0.2) is 17.9 Å². The lowest BCUT2D eigenvalue weighted by Crippen LogP contribution is -2.30. The van der Waals surface area contributed by atoms with E-state index in [0.717, 1.165) is 29.8 Å². The molecule has 2 aromatic rings. The summed E-state index contributed by atoms with van der Waals surface area (Å²) >= 11 is 0. The lowest BCUT2D eigenvalue weighted by atomic mass is 9.75. The number of hydrogen-bond acceptors (Lipinski definition) is 4. The molecule has 0 fully saturated rings. The highest BCUT2D eigenvalue weighted by Gasteiger charge is 2.34. The zero-order valence-corrected chi connectivity index (χ0v) is 10.4. The van der Waals surface area contributed by atoms with Crippen molar-refractivity contribution in [1.29, 1.82) is 0 Å². The van der Waals surface area contributed by atoms with E-state index in [1.165, 1.54) is 6.39 Å². The summed E-state index contributed by atoms with van der Waals surface area (Å²) in [5.74, 6) is 0.815. The zero-order valence-electron chi connectivity index (χ0n) is 10.4. The van der Waals surface area contributed by atoms with Crippen LogP contribution in [0.2, 0.25) is 0 Å². The Morgan fingerprint density at radius 3 is 2.89 bits per heavy atom. The van der Waals surface area contributed by atoms with Crippen molar-refractivity contribution in [2.24, 2.45) is 5.41 Å². The normalized spacial score (nSPS) is 17.6. The van der Waals surface area contributed by atoms with E-state index < -0.39 is 0 Å². The number of ketones is 1. The predicted octanol–water partition coefficient (Wildman–Crippen LogP) is 2.89. The van der Waals surface area contributed by atoms with Crippen LogP contribution in [0, 0.1) is 5.41 Å². The van der Waals surface area contributed by atoms with Crippen molar-refractivity contribution in [3.63, 3.8) is 0 Å². The minimum Gasteiger partial charge on any atom is -0.442 e. The van der Waals surface area contributed by atoms with E-state index in [-0.39, 0.29) is 11.2 Å². The van der Waals surface area contributed by atoms with Crippen LogP contribution in [0.5, 0.6) is 0 Å². The third-order valence-corrected chi connectivity index (χ3v) is 3.51. The van der Waals surface area contributed by atoms with Gasteiger partial charge in [-0.2, -0.15) is 0 Å². The van der Waals surface area contributed by atoms with Crippen LogP contribution in [-0.2, 0) is 6.42 Å². The number of carbonyl (C=O) groups excluding carboxylic acids is 1. The number of aromatic nitrogens is 2. The predicted molar refractivity (Wildman–Crippen MR) is 66.2 cm³/mol. The zero-order chi connectivity index (χ0) is 12.8. The molecule has 4 heteroatoms. The molecule has 1 aliphatic rings. The molecule has 1 aliphatic carbocycles. The number of fused-ring (bicyclic) bond motifs is 1. The van der Waals surface area contributed by atoms with Gasteiger partial charge >= 0.3 is 0 Å². The van der Waals surface area contributed by atoms with Gasteiger partial charge in [-0.05, 0) is 25.0 Å². The van der Waals surface area contributed by atoms with Gasteiger partial charge in [-0.1, -0.05) is 13.8 Å². The second-order valence-electron chi connectivity index (χ2n) is 5.27. The molecule has 0 amide bonds. The third-order valence-electron chi connectivity index (χ3n) is 3.51. The van der Waals surface area contributed by atoms with Gasteiger partial charge in [-0.3, -0.25) is 4.79 Å². The topological polar surface area (TPSA) is 56.0 Å². The molecule has 92 valence electrons. The van der Waals surface area contributed by atoms with Gasteiger partial charge in [0.1, 0.15) is 5.69 Å². The second-order valence-corrected chi connectivity index (χ2v) is 5.27. The molecule has 0 aliphatic heterocycles. The number of pyridine rings is 1. The molecule has 0 bridgehead atoms. The Balaban J connectivity index is 2.06. The molecular formula is C14H14N2O2. The van der Waals surface area contributed by atoms with Crippen LogP contribution >= 0.6 is 0 Å². The molecule has 18 heavy (non-hydrogen) atoms. The molecule has 0 spiro atoms. The van der Waals surface area contributed by atoms with E-state index in [9.17, 15) is 4.79 Å². The number of rotatable bonds is 1. The Morgan fingerprint density at radius 2 is 2.17 bits per heavy atom. The lowest BCUT2D eigenvalue weighted by Gasteiger charge is -2.28. The quantitative estimate of drug-likeness (QED) is 0.771. The summed E-state index contributed by atoms with van der Waals surface area (Å²) < 4.78 is 5.22. The number of oxazole rings is 1. The summed E-state index contributed by atoms with van der Waals surface area (Å²) in [6.07, 6.45) is 4.68. The third kappa shape index (κ3) is 1.65. The molecule has 2 heterocycles. The van der Waals surface area contributed by atoms with Crippen LogP contribution in [0.3, 0.4) is 0 Å². The standard InChI is InChI=1S/C14H14N2O2/c1-14(2)6-5-10-9(13(14)17)3-4-11(16-10)12-7-15-8-18-12/h3-4,7-8H,5-6H2,1-2H3. The average molecular weight is 242 g/mol. The maximum Gasteiger partial charge on any atom is 0.181 e. The Labute approximate surface area is 105 Å². The Kier molecular flexibility index (Phi) is 2.33. The Bertz CT molecular complexity index is 600. The maximum absolute atomic E-state index is 12.3. The van der Waals surface area contributed by atoms with E-state index in [2.05, 4.69) is 9.97 Å². The van der Waals surface area contributed by atoms with E-state index in [1.807, 2.05) is 26.0 Å². The van der Waals surface area contributed by atoms with Crippen LogP contribution in [0.15, 0.2) is 29.1 Å². The maximum atomic E-state index is 12.3. The first kappa shape index (κ1) is 11.1. The van der Waals surface area contributed by atoms with Crippen molar-refractivity contribution < 1.29 is 9.21 Å². The molecule has 0 N–H and O–H groups in total. The fourth-order valence-electron chi connectivity index (χ4n) is 2.29. The molecule has 2 aromatic heterocycles. The summed E-state index contributed by atoms with van der Waals surface area (Å²) in [6, 6.07) is 3.67. The van der Waals surface area contributed by atoms with Gasteiger partial charge in [0, 0.05) is 11.0 Å². The van der Waals surface area contributed by atoms with Gasteiger partial charge in [-0.15, -0.1) is 0 Å². The van der Waals surface area contributed by atoms with Gasteiger partial charge < -0.3 is 4.42 Å². The van der Waals surface area contributed by atoms with Crippen molar-refractivity contribution in [2.45, 2.75) is 26.7 Å². The van der Waals surface area contributed by atoms with E-state index in [0.29, 0.717) is 5.76 Å². The second kappa shape index (κ2) is 3.77. The molecule has 4 nitrogen and oxygen atoms in total. The monoisotopic (exact) mass is 242 g/mol. The summed E-state index contributed by atoms with van der Waals surface area (Å²) in [5.41, 5.74) is 2.07. The molecule has 0 aromatic carbocycles. The highest BCUT2D eigenvalue weighted by Crippen LogP contribution is 2.34. The first-order valence-corrected chi connectivity index (χ1v) is 6.01. The smallest absolute Gasteiger partial charge is 0.181 e. The Morgan fingerprint density at radius 1 is 1.33 bits per heavy atom. The highest BCUT2D eigenvalue weighted by molar-refractivity contribution is 6.02. The summed E-state index contributed by atoms with van der Waals surface area (Å²) in [5, 5.41) is 0. The minimum absolute atomic E-state index is 0.181. The molecule has 0 unspecified atom stereocenters. The van der Waals surface area contributed by atoms with Crippen LogP contribution in [0.25, 0.3) is 11.5 Å². The largest absolute Gasteiger partial charge is 0.442 e. The summed E-state index contributed by atoms with van der Waals surface area (Å²) in [7, 11) is 0. The highest BCUT2D eigenvalue weighted by atomic mass is 16.3. The van der Waals surface area contributed by atoms with Gasteiger partial charge in [0.2, 0.25) is 0 Å². The molecule has 0 atom stereocenters. The van der Waals surface area contributed by atoms with E-state index in [1.54, 1.807) is 6.20 Å². The van der Waals surface area contributed by atoms with Gasteiger partial charge in [0.05, 0.1) is 11.9 Å². The number of Topliss-reactive ketones (excluding diaryl/α,β-unsaturated/α-hetero) is 1. The van der Waals surface area contributed by atoms with Crippen molar-refractivity contribution >= 4 is 5.78 Å². The summed E-state index contributed by atoms with van der Waals surface area (Å²) in [6.45, 7) is 3.98. The number of carbonyl (C=O) groups is 1. The van der Waals surface area contributed by atoms with Gasteiger partial charge in [-0.25, -0.2) is 9.97 Å². The number of aryl methyl sites for hydroxylation is 1. The van der Waals surface area contributed by atoms with E-state index in [4.69, 9.17) is 4.42 Å². The molecule has 3 rings (SSSR count). The first-order valence-electron chi connectivity index (χ1n) is 6.01. The van der Waals surface area contributed by atoms with Crippen LogP contribution < -0.4 is 0 Å². The number of hydrogen-bond donors (Lipinski definition) is 0. The number of nitrogens with zero attached hydrogens (tertiary/aromatic N) is 2. The lowest BCUT2D eigenvalue weighted by molar-refractivity contribution is 0.0809. The van der Waals surface area contributed by atoms with Crippen LogP contribution in [-0.4, -0.2) is 15.8 Å². The summed E-state index contributed by atoms with van der Waals surface area (Å²) in [4.78, 5) is 20.7. The van der Waals surface area contributed by atoms with Crippen LogP contribution in [0.1, 0.15) is 36.3 Å². The minimum atomic E-state index is -0.275. The van der Waals surface area contributed by atoms with Crippen molar-refractivity contribution in [3.05, 3.63) is 36.0 Å². The van der Waals surface area contributed by atoms with Crippen molar-refractivity contribution in [2.75, 3.05) is 0 Å². The fraction of sp³-hybridized carbons (Fsp3) is 0.357. The van der Waals surface area contributed by atoms with Crippen LogP contribution in [0.4, 0.5) is 0 Å². The van der Waals surface area contributed by atoms with Crippen molar-refractivity contribution in [1.82, 2.24) is 9.97 Å². The average Bonchev–Trinajstić information content (AvgIpc) is 2.88. The molecule has 0 saturated carbocycles. The Hall–Kier alpha value is -1.97. The molecular weight excluding hydrogens is 228 g/mol. The molecule has 0 saturated heterocycles. The molecule has 0 radical (unpaired) electrons. The van der Waals surface area contributed by atoms with Gasteiger partial charge in [0.25, 0.3) is 0 Å². The SMILES string of the molecule is CC1(C)CCc2nc(-c3cnco3)ccc2C1=O. The van der Waals surface area contributed by atoms with Crippen molar-refractivity contribution in [3.8, 4) is 11.5 Å². The van der Waals surface area contributed by atoms with E-state index >= 15 is 0 Å². The first-order chi connectivity index (χ1) is 8.58.